The van der Waals surface area contributed by atoms with Gasteiger partial charge in [0.25, 0.3) is 0 Å². The number of hydrogen-bond donors (Lipinski definition) is 0. The number of rotatable bonds is 4. The van der Waals surface area contributed by atoms with Crippen molar-refractivity contribution in [1.82, 2.24) is 0 Å². The van der Waals surface area contributed by atoms with Gasteiger partial charge in [-0.3, -0.25) is 0 Å². The monoisotopic (exact) mass is 380 g/mol. The first-order chi connectivity index (χ1) is 9.06. The minimum absolute atomic E-state index is 0.0384. The van der Waals surface area contributed by atoms with Crippen molar-refractivity contribution in [3.63, 3.8) is 0 Å². The van der Waals surface area contributed by atoms with E-state index < -0.39 is 0 Å². The van der Waals surface area contributed by atoms with Gasteiger partial charge >= 0.3 is 0 Å². The average Bonchev–Trinajstić information content (AvgIpc) is 2.76. The second-order valence-electron chi connectivity index (χ2n) is 3.76. The van der Waals surface area contributed by atoms with Crippen molar-refractivity contribution in [3.8, 4) is 11.5 Å². The van der Waals surface area contributed by atoms with Crippen LogP contribution in [0.1, 0.15) is 16.0 Å². The summed E-state index contributed by atoms with van der Waals surface area (Å²) in [6.07, 6.45) is 0. The Kier molecular flexibility index (Phi) is 5.01. The summed E-state index contributed by atoms with van der Waals surface area (Å²) in [5, 5.41) is 0. The molecule has 0 amide bonds. The molecule has 0 aliphatic carbocycles. The van der Waals surface area contributed by atoms with E-state index in [1.807, 2.05) is 24.3 Å². The van der Waals surface area contributed by atoms with E-state index in [2.05, 4.69) is 15.9 Å². The molecule has 0 saturated heterocycles. The number of methoxy groups -OCH3 is 2. The standard InChI is InChI=1S/C13H11BrCl2O2S/c1-17-9-4-3-7(5-10(9)18-2)12(14)8-6-11(15)19-13(8)16/h3-6,12H,1-2H3. The van der Waals surface area contributed by atoms with Crippen molar-refractivity contribution in [3.05, 3.63) is 44.1 Å². The van der Waals surface area contributed by atoms with Crippen LogP contribution < -0.4 is 9.47 Å². The summed E-state index contributed by atoms with van der Waals surface area (Å²) in [5.41, 5.74) is 1.97. The summed E-state index contributed by atoms with van der Waals surface area (Å²) >= 11 is 17.1. The Bertz CT molecular complexity index is 586. The van der Waals surface area contributed by atoms with E-state index in [-0.39, 0.29) is 4.83 Å². The SMILES string of the molecule is COc1ccc(C(Br)c2cc(Cl)sc2Cl)cc1OC. The highest BCUT2D eigenvalue weighted by atomic mass is 79.9. The molecular weight excluding hydrogens is 371 g/mol. The molecule has 0 aliphatic rings. The van der Waals surface area contributed by atoms with E-state index in [0.717, 1.165) is 11.1 Å². The molecular formula is C13H11BrCl2O2S. The van der Waals surface area contributed by atoms with Crippen molar-refractivity contribution >= 4 is 50.5 Å². The molecule has 0 bridgehead atoms. The third kappa shape index (κ3) is 3.19. The number of benzene rings is 1. The zero-order valence-electron chi connectivity index (χ0n) is 10.2. The lowest BCUT2D eigenvalue weighted by atomic mass is 10.1. The van der Waals surface area contributed by atoms with Crippen LogP contribution in [0.2, 0.25) is 8.67 Å². The summed E-state index contributed by atoms with van der Waals surface area (Å²) in [6.45, 7) is 0. The molecule has 1 aromatic heterocycles. The Morgan fingerprint density at radius 2 is 1.79 bits per heavy atom. The molecule has 0 spiro atoms. The Hall–Kier alpha value is -0.420. The first-order valence-electron chi connectivity index (χ1n) is 5.37. The van der Waals surface area contributed by atoms with Gasteiger partial charge in [-0.2, -0.15) is 0 Å². The topological polar surface area (TPSA) is 18.5 Å². The Labute approximate surface area is 134 Å². The lowest BCUT2D eigenvalue weighted by Crippen LogP contribution is -1.95. The van der Waals surface area contributed by atoms with E-state index in [1.165, 1.54) is 11.3 Å². The summed E-state index contributed by atoms with van der Waals surface area (Å²) in [5.74, 6) is 1.38. The number of ether oxygens (including phenoxy) is 2. The van der Waals surface area contributed by atoms with Gasteiger partial charge in [-0.1, -0.05) is 45.2 Å². The number of halogens is 3. The second kappa shape index (κ2) is 6.35. The van der Waals surface area contributed by atoms with Crippen LogP contribution in [0.25, 0.3) is 0 Å². The zero-order valence-corrected chi connectivity index (χ0v) is 14.2. The van der Waals surface area contributed by atoms with Gasteiger partial charge in [0.2, 0.25) is 0 Å². The Morgan fingerprint density at radius 1 is 1.11 bits per heavy atom. The van der Waals surface area contributed by atoms with Crippen molar-refractivity contribution in [2.75, 3.05) is 14.2 Å². The molecule has 19 heavy (non-hydrogen) atoms. The highest BCUT2D eigenvalue weighted by molar-refractivity contribution is 9.09. The van der Waals surface area contributed by atoms with E-state index in [9.17, 15) is 0 Å². The quantitative estimate of drug-likeness (QED) is 0.645. The fourth-order valence-corrected chi connectivity index (χ4v) is 4.18. The third-order valence-electron chi connectivity index (χ3n) is 2.66. The van der Waals surface area contributed by atoms with E-state index >= 15 is 0 Å². The van der Waals surface area contributed by atoms with E-state index in [1.54, 1.807) is 14.2 Å². The second-order valence-corrected chi connectivity index (χ2v) is 6.96. The van der Waals surface area contributed by atoms with Crippen LogP contribution in [0.3, 0.4) is 0 Å². The smallest absolute Gasteiger partial charge is 0.161 e. The molecule has 102 valence electrons. The normalized spacial score (nSPS) is 12.3. The zero-order chi connectivity index (χ0) is 14.0. The summed E-state index contributed by atoms with van der Waals surface area (Å²) in [4.78, 5) is -0.0384. The third-order valence-corrected chi connectivity index (χ3v) is 5.20. The van der Waals surface area contributed by atoms with E-state index in [4.69, 9.17) is 32.7 Å². The minimum atomic E-state index is -0.0384. The summed E-state index contributed by atoms with van der Waals surface area (Å²) < 4.78 is 11.9. The van der Waals surface area contributed by atoms with Gasteiger partial charge in [0.15, 0.2) is 11.5 Å². The predicted molar refractivity (Wildman–Crippen MR) is 84.7 cm³/mol. The van der Waals surface area contributed by atoms with E-state index in [0.29, 0.717) is 20.2 Å². The molecule has 6 heteroatoms. The lowest BCUT2D eigenvalue weighted by molar-refractivity contribution is 0.354. The molecule has 2 rings (SSSR count). The lowest BCUT2D eigenvalue weighted by Gasteiger charge is -2.13. The minimum Gasteiger partial charge on any atom is -0.493 e. The number of hydrogen-bond acceptors (Lipinski definition) is 3. The van der Waals surface area contributed by atoms with Crippen LogP contribution in [-0.2, 0) is 0 Å². The van der Waals surface area contributed by atoms with Crippen LogP contribution in [0.4, 0.5) is 0 Å². The largest absolute Gasteiger partial charge is 0.493 e. The molecule has 1 unspecified atom stereocenters. The maximum atomic E-state index is 6.17. The summed E-state index contributed by atoms with van der Waals surface area (Å²) in [6, 6.07) is 7.61. The maximum Gasteiger partial charge on any atom is 0.161 e. The first-order valence-corrected chi connectivity index (χ1v) is 7.86. The Morgan fingerprint density at radius 3 is 2.32 bits per heavy atom. The highest BCUT2D eigenvalue weighted by Gasteiger charge is 2.18. The molecule has 1 atom stereocenters. The van der Waals surface area contributed by atoms with Gasteiger partial charge in [-0.25, -0.2) is 0 Å². The van der Waals surface area contributed by atoms with Gasteiger partial charge in [-0.15, -0.1) is 11.3 Å². The van der Waals surface area contributed by atoms with Gasteiger partial charge in [0, 0.05) is 5.56 Å². The maximum absolute atomic E-state index is 6.17. The number of thiophene rings is 1. The first kappa shape index (κ1) is 15.0. The van der Waals surface area contributed by atoms with Gasteiger partial charge in [0.05, 0.1) is 27.7 Å². The van der Waals surface area contributed by atoms with Gasteiger partial charge in [-0.05, 0) is 23.8 Å². The molecule has 0 saturated carbocycles. The fourth-order valence-electron chi connectivity index (χ4n) is 1.72. The van der Waals surface area contributed by atoms with Crippen LogP contribution in [-0.4, -0.2) is 14.2 Å². The predicted octanol–water partition coefficient (Wildman–Crippen LogP) is 5.56. The van der Waals surface area contributed by atoms with Crippen molar-refractivity contribution < 1.29 is 9.47 Å². The molecule has 1 aromatic carbocycles. The molecule has 2 nitrogen and oxygen atoms in total. The van der Waals surface area contributed by atoms with Crippen LogP contribution in [0.5, 0.6) is 11.5 Å². The number of alkyl halides is 1. The van der Waals surface area contributed by atoms with Crippen molar-refractivity contribution in [1.29, 1.82) is 0 Å². The highest BCUT2D eigenvalue weighted by Crippen LogP contribution is 2.43. The molecule has 0 fully saturated rings. The molecule has 0 radical (unpaired) electrons. The van der Waals surface area contributed by atoms with Crippen molar-refractivity contribution in [2.24, 2.45) is 0 Å². The van der Waals surface area contributed by atoms with Crippen LogP contribution >= 0.6 is 50.5 Å². The molecule has 2 aromatic rings. The average molecular weight is 382 g/mol. The van der Waals surface area contributed by atoms with Gasteiger partial charge < -0.3 is 9.47 Å². The molecule has 0 N–H and O–H groups in total. The molecule has 1 heterocycles. The van der Waals surface area contributed by atoms with Crippen molar-refractivity contribution in [2.45, 2.75) is 4.83 Å². The molecule has 0 aliphatic heterocycles. The Balaban J connectivity index is 2.39. The van der Waals surface area contributed by atoms with Gasteiger partial charge in [0.1, 0.15) is 0 Å². The van der Waals surface area contributed by atoms with Crippen LogP contribution in [0.15, 0.2) is 24.3 Å². The summed E-state index contributed by atoms with van der Waals surface area (Å²) in [7, 11) is 3.22. The van der Waals surface area contributed by atoms with Crippen LogP contribution in [0, 0.1) is 0 Å². The fraction of sp³-hybridized carbons (Fsp3) is 0.231.